The second kappa shape index (κ2) is 6.97. The topological polar surface area (TPSA) is 51.4 Å². The zero-order valence-corrected chi connectivity index (χ0v) is 12.9. The van der Waals surface area contributed by atoms with Crippen LogP contribution in [0.2, 0.25) is 0 Å². The number of hydrogen-bond acceptors (Lipinski definition) is 4. The Morgan fingerprint density at radius 1 is 1.19 bits per heavy atom. The summed E-state index contributed by atoms with van der Waals surface area (Å²) >= 11 is 0. The van der Waals surface area contributed by atoms with Crippen molar-refractivity contribution < 1.29 is 4.74 Å². The third kappa shape index (κ3) is 3.88. The first-order valence-corrected chi connectivity index (χ1v) is 7.31. The number of ether oxygens (including phenoxy) is 1. The highest BCUT2D eigenvalue weighted by Crippen LogP contribution is 2.28. The molecule has 0 atom stereocenters. The minimum absolute atomic E-state index is 0.119. The van der Waals surface area contributed by atoms with Gasteiger partial charge in [0.25, 0.3) is 0 Å². The molecule has 2 rings (SSSR count). The van der Waals surface area contributed by atoms with E-state index in [9.17, 15) is 0 Å². The second-order valence-corrected chi connectivity index (χ2v) is 5.20. The van der Waals surface area contributed by atoms with Crippen LogP contribution in [0.25, 0.3) is 0 Å². The van der Waals surface area contributed by atoms with Crippen molar-refractivity contribution in [1.82, 2.24) is 4.98 Å². The first kappa shape index (κ1) is 15.2. The van der Waals surface area contributed by atoms with Gasteiger partial charge in [0.1, 0.15) is 0 Å². The van der Waals surface area contributed by atoms with Crippen LogP contribution in [0.4, 0.5) is 11.5 Å². The van der Waals surface area contributed by atoms with Gasteiger partial charge in [-0.3, -0.25) is 0 Å². The minimum Gasteiger partial charge on any atom is -0.487 e. The molecule has 0 amide bonds. The smallest absolute Gasteiger partial charge is 0.171 e. The van der Waals surface area contributed by atoms with Gasteiger partial charge in [0.05, 0.1) is 6.10 Å². The summed E-state index contributed by atoms with van der Waals surface area (Å²) in [5.74, 6) is 1.67. The zero-order chi connectivity index (χ0) is 15.2. The number of benzene rings is 1. The van der Waals surface area contributed by atoms with E-state index in [1.165, 1.54) is 0 Å². The molecule has 0 spiro atoms. The number of nitrogens with two attached hydrogens (primary N) is 1. The number of nitrogens with zero attached hydrogens (tertiary/aromatic N) is 2. The maximum atomic E-state index is 6.04. The Bertz CT molecular complexity index is 584. The van der Waals surface area contributed by atoms with Crippen molar-refractivity contribution in [3.05, 3.63) is 48.2 Å². The summed E-state index contributed by atoms with van der Waals surface area (Å²) in [4.78, 5) is 6.66. The van der Waals surface area contributed by atoms with Crippen LogP contribution in [-0.2, 0) is 6.54 Å². The molecular weight excluding hydrogens is 262 g/mol. The molecule has 4 heteroatoms. The fourth-order valence-corrected chi connectivity index (χ4v) is 2.19. The molecule has 0 aliphatic heterocycles. The Balaban J connectivity index is 2.27. The maximum absolute atomic E-state index is 6.04. The molecule has 0 saturated carbocycles. The second-order valence-electron chi connectivity index (χ2n) is 5.20. The van der Waals surface area contributed by atoms with Gasteiger partial charge < -0.3 is 15.4 Å². The van der Waals surface area contributed by atoms with Gasteiger partial charge in [0, 0.05) is 25.0 Å². The van der Waals surface area contributed by atoms with Crippen molar-refractivity contribution in [3.63, 3.8) is 0 Å². The van der Waals surface area contributed by atoms with Gasteiger partial charge in [-0.2, -0.15) is 0 Å². The number of aromatic nitrogens is 1. The molecule has 1 aromatic heterocycles. The first-order valence-electron chi connectivity index (χ1n) is 7.31. The lowest BCUT2D eigenvalue weighted by Crippen LogP contribution is -2.25. The molecular formula is C17H23N3O. The molecule has 1 aromatic carbocycles. The van der Waals surface area contributed by atoms with Gasteiger partial charge in [0.15, 0.2) is 11.6 Å². The molecule has 0 saturated heterocycles. The van der Waals surface area contributed by atoms with E-state index in [1.54, 1.807) is 6.20 Å². The van der Waals surface area contributed by atoms with Crippen molar-refractivity contribution in [2.75, 3.05) is 17.2 Å². The highest BCUT2D eigenvalue weighted by Gasteiger charge is 2.14. The van der Waals surface area contributed by atoms with E-state index in [-0.39, 0.29) is 6.10 Å². The number of pyridine rings is 1. The molecule has 1 heterocycles. The van der Waals surface area contributed by atoms with Gasteiger partial charge >= 0.3 is 0 Å². The number of hydrogen-bond donors (Lipinski definition) is 1. The Hall–Kier alpha value is -2.23. The van der Waals surface area contributed by atoms with Crippen LogP contribution in [0.15, 0.2) is 42.6 Å². The fraction of sp³-hybridized carbons (Fsp3) is 0.353. The van der Waals surface area contributed by atoms with Gasteiger partial charge in [-0.15, -0.1) is 0 Å². The third-order valence-corrected chi connectivity index (χ3v) is 3.21. The van der Waals surface area contributed by atoms with Crippen LogP contribution in [0.1, 0.15) is 26.3 Å². The lowest BCUT2D eigenvalue weighted by Gasteiger charge is -2.25. The molecule has 2 N–H and O–H groups in total. The van der Waals surface area contributed by atoms with Crippen LogP contribution in [0.3, 0.4) is 0 Å². The normalized spacial score (nSPS) is 10.7. The number of para-hydroxylation sites is 1. The van der Waals surface area contributed by atoms with Gasteiger partial charge in [0.2, 0.25) is 0 Å². The Morgan fingerprint density at radius 2 is 1.95 bits per heavy atom. The molecule has 0 radical (unpaired) electrons. The Kier molecular flexibility index (Phi) is 5.04. The number of nitrogen functional groups attached to an aromatic ring is 1. The summed E-state index contributed by atoms with van der Waals surface area (Å²) < 4.78 is 5.86. The molecule has 0 aliphatic rings. The molecule has 21 heavy (non-hydrogen) atoms. The molecule has 0 bridgehead atoms. The van der Waals surface area contributed by atoms with Crippen LogP contribution in [0.5, 0.6) is 5.75 Å². The summed E-state index contributed by atoms with van der Waals surface area (Å²) in [6, 6.07) is 11.8. The van der Waals surface area contributed by atoms with Crippen molar-refractivity contribution in [2.24, 2.45) is 0 Å². The number of anilines is 2. The summed E-state index contributed by atoms with van der Waals surface area (Å²) in [5, 5.41) is 0. The molecule has 4 nitrogen and oxygen atoms in total. The fourth-order valence-electron chi connectivity index (χ4n) is 2.19. The summed E-state index contributed by atoms with van der Waals surface area (Å²) in [6.07, 6.45) is 1.91. The van der Waals surface area contributed by atoms with E-state index in [2.05, 4.69) is 16.8 Å². The SMILES string of the molecule is CCN(Cc1ccccc1N)c1ncccc1OC(C)C. The first-order chi connectivity index (χ1) is 10.1. The monoisotopic (exact) mass is 285 g/mol. The predicted molar refractivity (Wildman–Crippen MR) is 87.6 cm³/mol. The van der Waals surface area contributed by atoms with E-state index in [0.29, 0.717) is 6.54 Å². The number of rotatable bonds is 6. The van der Waals surface area contributed by atoms with Crippen LogP contribution >= 0.6 is 0 Å². The van der Waals surface area contributed by atoms with Gasteiger partial charge in [-0.05, 0) is 44.5 Å². The van der Waals surface area contributed by atoms with Crippen molar-refractivity contribution in [1.29, 1.82) is 0 Å². The Morgan fingerprint density at radius 3 is 2.62 bits per heavy atom. The maximum Gasteiger partial charge on any atom is 0.171 e. The average Bonchev–Trinajstić information content (AvgIpc) is 2.47. The molecule has 0 fully saturated rings. The standard InChI is InChI=1S/C17H23N3O/c1-4-20(12-14-8-5-6-9-15(14)18)17-16(21-13(2)3)10-7-11-19-17/h5-11,13H,4,12,18H2,1-3H3. The van der Waals surface area contributed by atoms with Crippen LogP contribution in [0, 0.1) is 0 Å². The third-order valence-electron chi connectivity index (χ3n) is 3.21. The molecule has 0 unspecified atom stereocenters. The predicted octanol–water partition coefficient (Wildman–Crippen LogP) is 3.48. The largest absolute Gasteiger partial charge is 0.487 e. The van der Waals surface area contributed by atoms with E-state index < -0.39 is 0 Å². The Labute approximate surface area is 126 Å². The summed E-state index contributed by atoms with van der Waals surface area (Å²) in [5.41, 5.74) is 7.94. The zero-order valence-electron chi connectivity index (χ0n) is 12.9. The molecule has 0 aliphatic carbocycles. The quantitative estimate of drug-likeness (QED) is 0.826. The van der Waals surface area contributed by atoms with Crippen LogP contribution in [-0.4, -0.2) is 17.6 Å². The minimum atomic E-state index is 0.119. The lowest BCUT2D eigenvalue weighted by atomic mass is 10.1. The average molecular weight is 285 g/mol. The summed E-state index contributed by atoms with van der Waals surface area (Å²) in [6.45, 7) is 7.69. The highest BCUT2D eigenvalue weighted by molar-refractivity contribution is 5.55. The lowest BCUT2D eigenvalue weighted by molar-refractivity contribution is 0.242. The van der Waals surface area contributed by atoms with Crippen molar-refractivity contribution in [2.45, 2.75) is 33.4 Å². The van der Waals surface area contributed by atoms with Gasteiger partial charge in [-0.1, -0.05) is 18.2 Å². The van der Waals surface area contributed by atoms with Gasteiger partial charge in [-0.25, -0.2) is 4.98 Å². The van der Waals surface area contributed by atoms with E-state index in [4.69, 9.17) is 10.5 Å². The molecule has 2 aromatic rings. The van der Waals surface area contributed by atoms with E-state index >= 15 is 0 Å². The van der Waals surface area contributed by atoms with Crippen molar-refractivity contribution in [3.8, 4) is 5.75 Å². The summed E-state index contributed by atoms with van der Waals surface area (Å²) in [7, 11) is 0. The molecule has 112 valence electrons. The highest BCUT2D eigenvalue weighted by atomic mass is 16.5. The van der Waals surface area contributed by atoms with Crippen LogP contribution < -0.4 is 15.4 Å². The van der Waals surface area contributed by atoms with E-state index in [0.717, 1.165) is 29.4 Å². The van der Waals surface area contributed by atoms with E-state index in [1.807, 2.05) is 50.2 Å². The van der Waals surface area contributed by atoms with Crippen molar-refractivity contribution >= 4 is 11.5 Å².